The van der Waals surface area contributed by atoms with E-state index in [1.54, 1.807) is 0 Å². The molecular formula is C19H17F3N4O. The molecule has 0 amide bonds. The van der Waals surface area contributed by atoms with Gasteiger partial charge in [-0.2, -0.15) is 13.2 Å². The number of halogens is 3. The van der Waals surface area contributed by atoms with Crippen LogP contribution in [0.3, 0.4) is 0 Å². The van der Waals surface area contributed by atoms with Gasteiger partial charge in [0.15, 0.2) is 0 Å². The summed E-state index contributed by atoms with van der Waals surface area (Å²) in [6.45, 7) is 2.10. The summed E-state index contributed by atoms with van der Waals surface area (Å²) in [6.07, 6.45) is 2.18. The standard InChI is InChI=1S/C19H17F3N4O/c1-12-5-2-3-6-14(12)18(7-4-8-18)9-15-23-10-13(11-24-15)16-25-26-17(27-16)19(20,21)22/h2-3,5-6,10-11H,4,7-9H2,1H3. The third kappa shape index (κ3) is 3.31. The van der Waals surface area contributed by atoms with Crippen molar-refractivity contribution < 1.29 is 17.6 Å². The van der Waals surface area contributed by atoms with Crippen LogP contribution in [0.5, 0.6) is 0 Å². The summed E-state index contributed by atoms with van der Waals surface area (Å²) in [7, 11) is 0. The summed E-state index contributed by atoms with van der Waals surface area (Å²) in [5, 5.41) is 6.45. The predicted octanol–water partition coefficient (Wildman–Crippen LogP) is 4.52. The Bertz CT molecular complexity index is 946. The maximum absolute atomic E-state index is 12.6. The molecule has 5 nitrogen and oxygen atoms in total. The van der Waals surface area contributed by atoms with Crippen molar-refractivity contribution in [2.45, 2.75) is 44.2 Å². The molecule has 1 aliphatic carbocycles. The summed E-state index contributed by atoms with van der Waals surface area (Å²) in [5.74, 6) is -0.974. The van der Waals surface area contributed by atoms with E-state index >= 15 is 0 Å². The molecule has 8 heteroatoms. The van der Waals surface area contributed by atoms with Gasteiger partial charge in [0.25, 0.3) is 5.89 Å². The van der Waals surface area contributed by atoms with Crippen molar-refractivity contribution in [3.63, 3.8) is 0 Å². The van der Waals surface area contributed by atoms with Gasteiger partial charge in [0.2, 0.25) is 0 Å². The minimum Gasteiger partial charge on any atom is -0.413 e. The van der Waals surface area contributed by atoms with Gasteiger partial charge in [0, 0.05) is 24.2 Å². The maximum atomic E-state index is 12.6. The Balaban J connectivity index is 1.56. The van der Waals surface area contributed by atoms with Crippen LogP contribution in [0, 0.1) is 6.92 Å². The molecule has 0 atom stereocenters. The third-order valence-corrected chi connectivity index (χ3v) is 5.14. The summed E-state index contributed by atoms with van der Waals surface area (Å²) < 4.78 is 42.4. The van der Waals surface area contributed by atoms with Crippen molar-refractivity contribution >= 4 is 0 Å². The van der Waals surface area contributed by atoms with Crippen LogP contribution in [0.25, 0.3) is 11.5 Å². The molecule has 140 valence electrons. The van der Waals surface area contributed by atoms with E-state index < -0.39 is 12.1 Å². The molecule has 1 aliphatic rings. The smallest absolute Gasteiger partial charge is 0.413 e. The Kier molecular flexibility index (Phi) is 4.20. The largest absolute Gasteiger partial charge is 0.470 e. The maximum Gasteiger partial charge on any atom is 0.470 e. The Hall–Kier alpha value is -2.77. The molecule has 0 aliphatic heterocycles. The number of benzene rings is 1. The molecule has 0 N–H and O–H groups in total. The fraction of sp³-hybridized carbons (Fsp3) is 0.368. The average molecular weight is 374 g/mol. The first kappa shape index (κ1) is 17.6. The van der Waals surface area contributed by atoms with Gasteiger partial charge in [-0.3, -0.25) is 0 Å². The number of hydrogen-bond donors (Lipinski definition) is 0. The molecule has 2 heterocycles. The highest BCUT2D eigenvalue weighted by molar-refractivity contribution is 5.49. The first-order valence-corrected chi connectivity index (χ1v) is 8.65. The van der Waals surface area contributed by atoms with E-state index in [2.05, 4.69) is 43.6 Å². The normalized spacial score (nSPS) is 16.1. The number of aryl methyl sites for hydroxylation is 1. The van der Waals surface area contributed by atoms with E-state index in [1.165, 1.54) is 23.5 Å². The van der Waals surface area contributed by atoms with Crippen LogP contribution >= 0.6 is 0 Å². The lowest BCUT2D eigenvalue weighted by atomic mass is 9.61. The Morgan fingerprint density at radius 3 is 2.33 bits per heavy atom. The highest BCUT2D eigenvalue weighted by Gasteiger charge is 2.40. The van der Waals surface area contributed by atoms with E-state index in [9.17, 15) is 13.2 Å². The molecule has 1 aromatic carbocycles. The zero-order chi connectivity index (χ0) is 19.1. The summed E-state index contributed by atoms with van der Waals surface area (Å²) in [6, 6.07) is 8.32. The van der Waals surface area contributed by atoms with Crippen molar-refractivity contribution in [2.24, 2.45) is 0 Å². The zero-order valence-corrected chi connectivity index (χ0v) is 14.6. The lowest BCUT2D eigenvalue weighted by molar-refractivity contribution is -0.156. The SMILES string of the molecule is Cc1ccccc1C1(Cc2ncc(-c3nnc(C(F)(F)F)o3)cn2)CCC1. The fourth-order valence-corrected chi connectivity index (χ4v) is 3.63. The van der Waals surface area contributed by atoms with Crippen LogP contribution in [0.15, 0.2) is 41.1 Å². The monoisotopic (exact) mass is 374 g/mol. The van der Waals surface area contributed by atoms with Crippen molar-refractivity contribution in [1.29, 1.82) is 0 Å². The van der Waals surface area contributed by atoms with E-state index in [0.29, 0.717) is 12.2 Å². The molecule has 3 aromatic rings. The van der Waals surface area contributed by atoms with E-state index in [1.807, 2.05) is 12.1 Å². The van der Waals surface area contributed by atoms with E-state index in [-0.39, 0.29) is 16.9 Å². The molecule has 2 aromatic heterocycles. The first-order valence-electron chi connectivity index (χ1n) is 8.65. The van der Waals surface area contributed by atoms with Crippen molar-refractivity contribution in [2.75, 3.05) is 0 Å². The Morgan fingerprint density at radius 1 is 1.07 bits per heavy atom. The van der Waals surface area contributed by atoms with Gasteiger partial charge in [0.1, 0.15) is 5.82 Å². The van der Waals surface area contributed by atoms with Gasteiger partial charge >= 0.3 is 12.1 Å². The zero-order valence-electron chi connectivity index (χ0n) is 14.6. The second-order valence-corrected chi connectivity index (χ2v) is 6.92. The number of aromatic nitrogens is 4. The van der Waals surface area contributed by atoms with Crippen molar-refractivity contribution in [3.8, 4) is 11.5 Å². The van der Waals surface area contributed by atoms with E-state index in [0.717, 1.165) is 19.3 Å². The number of nitrogens with zero attached hydrogens (tertiary/aromatic N) is 4. The molecule has 1 saturated carbocycles. The van der Waals surface area contributed by atoms with E-state index in [4.69, 9.17) is 0 Å². The Morgan fingerprint density at radius 2 is 1.78 bits per heavy atom. The van der Waals surface area contributed by atoms with Gasteiger partial charge in [0.05, 0.1) is 5.56 Å². The molecule has 0 spiro atoms. The van der Waals surface area contributed by atoms with Gasteiger partial charge in [-0.1, -0.05) is 30.7 Å². The van der Waals surface area contributed by atoms with Crippen LogP contribution in [0.4, 0.5) is 13.2 Å². The molecule has 0 bridgehead atoms. The highest BCUT2D eigenvalue weighted by Crippen LogP contribution is 2.46. The molecule has 0 radical (unpaired) electrons. The molecule has 4 rings (SSSR count). The summed E-state index contributed by atoms with van der Waals surface area (Å²) in [4.78, 5) is 8.66. The number of hydrogen-bond acceptors (Lipinski definition) is 5. The van der Waals surface area contributed by atoms with Crippen LogP contribution in [0.1, 0.15) is 42.1 Å². The molecule has 27 heavy (non-hydrogen) atoms. The van der Waals surface area contributed by atoms with Crippen molar-refractivity contribution in [1.82, 2.24) is 20.2 Å². The molecule has 0 unspecified atom stereocenters. The number of rotatable bonds is 4. The Labute approximate surface area is 153 Å². The molecule has 0 saturated heterocycles. The first-order chi connectivity index (χ1) is 12.9. The minimum absolute atomic E-state index is 0.0286. The van der Waals surface area contributed by atoms with Gasteiger partial charge in [-0.15, -0.1) is 10.2 Å². The highest BCUT2D eigenvalue weighted by atomic mass is 19.4. The van der Waals surface area contributed by atoms with Crippen LogP contribution in [-0.4, -0.2) is 20.2 Å². The van der Waals surface area contributed by atoms with Crippen molar-refractivity contribution in [3.05, 3.63) is 59.5 Å². The lowest BCUT2D eigenvalue weighted by Gasteiger charge is -2.43. The topological polar surface area (TPSA) is 64.7 Å². The van der Waals surface area contributed by atoms with Gasteiger partial charge in [-0.05, 0) is 30.9 Å². The fourth-order valence-electron chi connectivity index (χ4n) is 3.63. The second kappa shape index (κ2) is 6.44. The third-order valence-electron chi connectivity index (χ3n) is 5.14. The molecular weight excluding hydrogens is 357 g/mol. The van der Waals surface area contributed by atoms with Gasteiger partial charge in [-0.25, -0.2) is 9.97 Å². The summed E-state index contributed by atoms with van der Waals surface area (Å²) >= 11 is 0. The quantitative estimate of drug-likeness (QED) is 0.672. The van der Waals surface area contributed by atoms with Crippen LogP contribution < -0.4 is 0 Å². The second-order valence-electron chi connectivity index (χ2n) is 6.92. The predicted molar refractivity (Wildman–Crippen MR) is 90.7 cm³/mol. The number of alkyl halides is 3. The van der Waals surface area contributed by atoms with Gasteiger partial charge < -0.3 is 4.42 Å². The minimum atomic E-state index is -4.67. The lowest BCUT2D eigenvalue weighted by Crippen LogP contribution is -2.37. The van der Waals surface area contributed by atoms with Crippen LogP contribution in [-0.2, 0) is 18.0 Å². The average Bonchev–Trinajstić information content (AvgIpc) is 3.10. The molecule has 1 fully saturated rings. The summed E-state index contributed by atoms with van der Waals surface area (Å²) in [5.41, 5.74) is 2.86. The van der Waals surface area contributed by atoms with Crippen LogP contribution in [0.2, 0.25) is 0 Å².